The van der Waals surface area contributed by atoms with Crippen LogP contribution < -0.4 is 0 Å². The van der Waals surface area contributed by atoms with Gasteiger partial charge in [0.15, 0.2) is 0 Å². The summed E-state index contributed by atoms with van der Waals surface area (Å²) in [5.41, 5.74) is 0.865. The Bertz CT molecular complexity index is 456. The van der Waals surface area contributed by atoms with Crippen LogP contribution in [0.3, 0.4) is 0 Å². The number of hydrogen-bond donors (Lipinski definition) is 1. The first-order chi connectivity index (χ1) is 9.99. The lowest BCUT2D eigenvalue weighted by atomic mass is 9.87. The maximum Gasteiger partial charge on any atom is 0.309 e. The van der Waals surface area contributed by atoms with Gasteiger partial charge in [-0.1, -0.05) is 36.8 Å². The van der Waals surface area contributed by atoms with Gasteiger partial charge in [0.2, 0.25) is 0 Å². The Labute approximate surface area is 128 Å². The van der Waals surface area contributed by atoms with Gasteiger partial charge in [-0.3, -0.25) is 4.79 Å². The van der Waals surface area contributed by atoms with Crippen molar-refractivity contribution in [2.24, 2.45) is 5.41 Å². The molecule has 0 radical (unpaired) electrons. The maximum atomic E-state index is 11.1. The van der Waals surface area contributed by atoms with E-state index in [1.165, 1.54) is 18.5 Å². The lowest BCUT2D eigenvalue weighted by Crippen LogP contribution is -2.25. The molecule has 1 saturated heterocycles. The number of carboxylic acid groups (broad SMARTS) is 1. The predicted octanol–water partition coefficient (Wildman–Crippen LogP) is 3.76. The van der Waals surface area contributed by atoms with Crippen molar-refractivity contribution in [3.8, 4) is 0 Å². The summed E-state index contributed by atoms with van der Waals surface area (Å²) >= 11 is 0. The molecule has 3 heteroatoms. The monoisotopic (exact) mass is 289 g/mol. The Kier molecular flexibility index (Phi) is 5.40. The number of unbranched alkanes of at least 4 members (excludes halogenated alkanes) is 1. The van der Waals surface area contributed by atoms with E-state index in [9.17, 15) is 4.79 Å². The molecule has 1 aliphatic heterocycles. The van der Waals surface area contributed by atoms with Crippen LogP contribution in [0.2, 0.25) is 0 Å². The summed E-state index contributed by atoms with van der Waals surface area (Å²) in [6, 6.07) is 10.8. The summed E-state index contributed by atoms with van der Waals surface area (Å²) in [7, 11) is 0. The van der Waals surface area contributed by atoms with Gasteiger partial charge in [0.25, 0.3) is 0 Å². The molecule has 3 nitrogen and oxygen atoms in total. The summed E-state index contributed by atoms with van der Waals surface area (Å²) < 4.78 is 0. The summed E-state index contributed by atoms with van der Waals surface area (Å²) in [6.45, 7) is 7.04. The van der Waals surface area contributed by atoms with Gasteiger partial charge in [-0.25, -0.2) is 0 Å². The highest BCUT2D eigenvalue weighted by Crippen LogP contribution is 2.28. The average molecular weight is 289 g/mol. The van der Waals surface area contributed by atoms with Crippen LogP contribution in [-0.2, 0) is 4.79 Å². The molecule has 1 N–H and O–H groups in total. The first-order valence-corrected chi connectivity index (χ1v) is 8.00. The molecule has 1 fully saturated rings. The average Bonchev–Trinajstić information content (AvgIpc) is 2.93. The third kappa shape index (κ3) is 4.57. The zero-order valence-electron chi connectivity index (χ0n) is 13.2. The maximum absolute atomic E-state index is 11.1. The van der Waals surface area contributed by atoms with Gasteiger partial charge in [-0.15, -0.1) is 0 Å². The Hall–Kier alpha value is -1.35. The van der Waals surface area contributed by atoms with Crippen molar-refractivity contribution < 1.29 is 9.90 Å². The van der Waals surface area contributed by atoms with Gasteiger partial charge in [0.1, 0.15) is 0 Å². The molecule has 0 amide bonds. The van der Waals surface area contributed by atoms with Crippen LogP contribution in [0.4, 0.5) is 0 Å². The molecular formula is C18H27NO2. The molecular weight excluding hydrogens is 262 g/mol. The number of aliphatic carboxylic acids is 1. The van der Waals surface area contributed by atoms with Gasteiger partial charge >= 0.3 is 5.97 Å². The standard InChI is InChI=1S/C18H27NO2/c1-18(2,17(20)21)11-6-7-12-19-13-10-16(14-19)15-8-4-3-5-9-15/h3-5,8-9,16H,6-7,10-14H2,1-2H3,(H,20,21). The topological polar surface area (TPSA) is 40.5 Å². The van der Waals surface area contributed by atoms with E-state index in [2.05, 4.69) is 35.2 Å². The van der Waals surface area contributed by atoms with Crippen molar-refractivity contribution in [3.63, 3.8) is 0 Å². The lowest BCUT2D eigenvalue weighted by molar-refractivity contribution is -0.147. The van der Waals surface area contributed by atoms with E-state index in [4.69, 9.17) is 5.11 Å². The highest BCUT2D eigenvalue weighted by molar-refractivity contribution is 5.73. The van der Waals surface area contributed by atoms with Crippen LogP contribution >= 0.6 is 0 Å². The largest absolute Gasteiger partial charge is 0.481 e. The smallest absolute Gasteiger partial charge is 0.309 e. The molecule has 1 heterocycles. The predicted molar refractivity (Wildman–Crippen MR) is 85.5 cm³/mol. The number of hydrogen-bond acceptors (Lipinski definition) is 2. The molecule has 0 spiro atoms. The number of benzene rings is 1. The van der Waals surface area contributed by atoms with E-state index in [1.807, 2.05) is 13.8 Å². The minimum absolute atomic E-state index is 0.586. The number of carboxylic acids is 1. The van der Waals surface area contributed by atoms with Crippen LogP contribution in [0.1, 0.15) is 51.0 Å². The molecule has 2 rings (SSSR count). The molecule has 1 unspecified atom stereocenters. The van der Waals surface area contributed by atoms with E-state index in [-0.39, 0.29) is 0 Å². The Morgan fingerprint density at radius 2 is 2.00 bits per heavy atom. The second kappa shape index (κ2) is 7.08. The van der Waals surface area contributed by atoms with Crippen LogP contribution in [0.25, 0.3) is 0 Å². The quantitative estimate of drug-likeness (QED) is 0.777. The normalized spacial score (nSPS) is 19.8. The van der Waals surface area contributed by atoms with Crippen LogP contribution in [0.5, 0.6) is 0 Å². The fraction of sp³-hybridized carbons (Fsp3) is 0.611. The number of carbonyl (C=O) groups is 1. The van der Waals surface area contributed by atoms with E-state index in [0.29, 0.717) is 5.92 Å². The molecule has 1 aliphatic rings. The molecule has 1 aromatic rings. The summed E-state index contributed by atoms with van der Waals surface area (Å²) in [5, 5.41) is 9.10. The third-order valence-corrected chi connectivity index (χ3v) is 4.65. The van der Waals surface area contributed by atoms with Crippen molar-refractivity contribution in [2.75, 3.05) is 19.6 Å². The summed E-state index contributed by atoms with van der Waals surface area (Å²) in [6.07, 6.45) is 4.09. The highest BCUT2D eigenvalue weighted by atomic mass is 16.4. The zero-order valence-corrected chi connectivity index (χ0v) is 13.2. The first kappa shape index (κ1) is 16.0. The van der Waals surface area contributed by atoms with Crippen molar-refractivity contribution in [3.05, 3.63) is 35.9 Å². The number of nitrogens with zero attached hydrogens (tertiary/aromatic N) is 1. The van der Waals surface area contributed by atoms with E-state index in [1.54, 1.807) is 0 Å². The van der Waals surface area contributed by atoms with Crippen LogP contribution in [0, 0.1) is 5.41 Å². The van der Waals surface area contributed by atoms with Crippen LogP contribution in [-0.4, -0.2) is 35.6 Å². The van der Waals surface area contributed by atoms with Gasteiger partial charge < -0.3 is 10.0 Å². The van der Waals surface area contributed by atoms with E-state index in [0.717, 1.165) is 32.4 Å². The fourth-order valence-corrected chi connectivity index (χ4v) is 3.04. The fourth-order valence-electron chi connectivity index (χ4n) is 3.04. The molecule has 1 atom stereocenters. The molecule has 116 valence electrons. The van der Waals surface area contributed by atoms with Gasteiger partial charge in [0, 0.05) is 6.54 Å². The third-order valence-electron chi connectivity index (χ3n) is 4.65. The second-order valence-electron chi connectivity index (χ2n) is 6.84. The molecule has 21 heavy (non-hydrogen) atoms. The zero-order chi connectivity index (χ0) is 15.3. The van der Waals surface area contributed by atoms with Crippen LogP contribution in [0.15, 0.2) is 30.3 Å². The Morgan fingerprint density at radius 3 is 2.67 bits per heavy atom. The molecule has 1 aromatic carbocycles. The van der Waals surface area contributed by atoms with E-state index < -0.39 is 11.4 Å². The molecule has 0 aromatic heterocycles. The number of rotatable bonds is 7. The van der Waals surface area contributed by atoms with Crippen molar-refractivity contribution in [1.29, 1.82) is 0 Å². The Balaban J connectivity index is 1.68. The minimum Gasteiger partial charge on any atom is -0.481 e. The SMILES string of the molecule is CC(C)(CCCCN1CCC(c2ccccc2)C1)C(=O)O. The lowest BCUT2D eigenvalue weighted by Gasteiger charge is -2.20. The minimum atomic E-state index is -0.687. The highest BCUT2D eigenvalue weighted by Gasteiger charge is 2.27. The van der Waals surface area contributed by atoms with Crippen molar-refractivity contribution in [2.45, 2.75) is 45.4 Å². The van der Waals surface area contributed by atoms with Crippen molar-refractivity contribution in [1.82, 2.24) is 4.90 Å². The van der Waals surface area contributed by atoms with Crippen molar-refractivity contribution >= 4 is 5.97 Å². The van der Waals surface area contributed by atoms with Gasteiger partial charge in [0.05, 0.1) is 5.41 Å². The van der Waals surface area contributed by atoms with E-state index >= 15 is 0 Å². The number of likely N-dealkylation sites (tertiary alicyclic amines) is 1. The van der Waals surface area contributed by atoms with Gasteiger partial charge in [-0.05, 0) is 57.7 Å². The molecule has 0 bridgehead atoms. The summed E-state index contributed by atoms with van der Waals surface area (Å²) in [4.78, 5) is 13.6. The molecule has 0 saturated carbocycles. The summed E-state index contributed by atoms with van der Waals surface area (Å²) in [5.74, 6) is -0.0190. The Morgan fingerprint density at radius 1 is 1.29 bits per heavy atom. The molecule has 0 aliphatic carbocycles. The van der Waals surface area contributed by atoms with Gasteiger partial charge in [-0.2, -0.15) is 0 Å². The first-order valence-electron chi connectivity index (χ1n) is 8.00. The second-order valence-corrected chi connectivity index (χ2v) is 6.84.